The van der Waals surface area contributed by atoms with E-state index in [2.05, 4.69) is 27.1 Å². The number of hydrogen-bond donors (Lipinski definition) is 1. The molecule has 0 aliphatic carbocycles. The zero-order valence-corrected chi connectivity index (χ0v) is 13.0. The van der Waals surface area contributed by atoms with Crippen molar-refractivity contribution in [2.24, 2.45) is 5.92 Å². The van der Waals surface area contributed by atoms with Crippen molar-refractivity contribution < 1.29 is 4.39 Å². The van der Waals surface area contributed by atoms with Gasteiger partial charge in [-0.3, -0.25) is 0 Å². The van der Waals surface area contributed by atoms with Gasteiger partial charge in [-0.25, -0.2) is 9.37 Å². The number of piperidine rings is 1. The van der Waals surface area contributed by atoms with Crippen LogP contribution in [0.25, 0.3) is 0 Å². The smallest absolute Gasteiger partial charge is 0.229 e. The molecule has 0 saturated carbocycles. The molecule has 116 valence electrons. The van der Waals surface area contributed by atoms with Crippen molar-refractivity contribution in [1.29, 1.82) is 0 Å². The van der Waals surface area contributed by atoms with E-state index in [1.807, 2.05) is 13.0 Å². The first-order chi connectivity index (χ1) is 10.6. The number of nitrogens with one attached hydrogen (secondary N) is 1. The number of anilines is 3. The molecule has 0 amide bonds. The SMILES string of the molecule is Cc1cc(N2CCC(C)CC2)nc(Nc2cccc(F)c2)n1. The van der Waals surface area contributed by atoms with E-state index < -0.39 is 0 Å². The highest BCUT2D eigenvalue weighted by molar-refractivity contribution is 5.55. The lowest BCUT2D eigenvalue weighted by molar-refractivity contribution is 0.436. The predicted molar refractivity (Wildman–Crippen MR) is 87.1 cm³/mol. The minimum absolute atomic E-state index is 0.275. The lowest BCUT2D eigenvalue weighted by Crippen LogP contribution is -2.33. The Labute approximate surface area is 130 Å². The minimum atomic E-state index is -0.275. The van der Waals surface area contributed by atoms with Gasteiger partial charge in [-0.15, -0.1) is 0 Å². The van der Waals surface area contributed by atoms with Crippen LogP contribution in [0.15, 0.2) is 30.3 Å². The van der Waals surface area contributed by atoms with Crippen LogP contribution < -0.4 is 10.2 Å². The Morgan fingerprint density at radius 3 is 2.68 bits per heavy atom. The first-order valence-electron chi connectivity index (χ1n) is 7.73. The Kier molecular flexibility index (Phi) is 4.22. The van der Waals surface area contributed by atoms with Gasteiger partial charge in [-0.05, 0) is 43.9 Å². The number of rotatable bonds is 3. The van der Waals surface area contributed by atoms with Crippen LogP contribution >= 0.6 is 0 Å². The predicted octanol–water partition coefficient (Wildman–Crippen LogP) is 3.90. The van der Waals surface area contributed by atoms with Crippen LogP contribution in [-0.4, -0.2) is 23.1 Å². The second-order valence-corrected chi connectivity index (χ2v) is 6.00. The molecule has 2 aromatic rings. The molecule has 0 bridgehead atoms. The first-order valence-corrected chi connectivity index (χ1v) is 7.73. The maximum atomic E-state index is 13.3. The highest BCUT2D eigenvalue weighted by atomic mass is 19.1. The second-order valence-electron chi connectivity index (χ2n) is 6.00. The lowest BCUT2D eigenvalue weighted by Gasteiger charge is -2.31. The van der Waals surface area contributed by atoms with E-state index in [1.54, 1.807) is 12.1 Å². The monoisotopic (exact) mass is 300 g/mol. The minimum Gasteiger partial charge on any atom is -0.356 e. The quantitative estimate of drug-likeness (QED) is 0.933. The standard InChI is InChI=1S/C17H21FN4/c1-12-6-8-22(9-7-12)16-10-13(2)19-17(21-16)20-15-5-3-4-14(18)11-15/h3-5,10-12H,6-9H2,1-2H3,(H,19,20,21). The number of nitrogens with zero attached hydrogens (tertiary/aromatic N) is 3. The molecule has 0 spiro atoms. The van der Waals surface area contributed by atoms with Crippen molar-refractivity contribution >= 4 is 17.5 Å². The molecule has 2 heterocycles. The zero-order valence-electron chi connectivity index (χ0n) is 13.0. The van der Waals surface area contributed by atoms with Crippen LogP contribution in [0.3, 0.4) is 0 Å². The van der Waals surface area contributed by atoms with Crippen molar-refractivity contribution in [3.63, 3.8) is 0 Å². The van der Waals surface area contributed by atoms with E-state index in [0.29, 0.717) is 11.6 Å². The van der Waals surface area contributed by atoms with Gasteiger partial charge in [0.05, 0.1) is 0 Å². The summed E-state index contributed by atoms with van der Waals surface area (Å²) in [6.45, 7) is 6.29. The average Bonchev–Trinajstić information content (AvgIpc) is 2.47. The van der Waals surface area contributed by atoms with Gasteiger partial charge in [0.1, 0.15) is 11.6 Å². The molecule has 0 radical (unpaired) electrons. The summed E-state index contributed by atoms with van der Waals surface area (Å²) in [6, 6.07) is 8.33. The summed E-state index contributed by atoms with van der Waals surface area (Å²) in [6.07, 6.45) is 2.38. The van der Waals surface area contributed by atoms with Crippen LogP contribution in [0.4, 0.5) is 21.8 Å². The largest absolute Gasteiger partial charge is 0.356 e. The molecule has 1 aromatic heterocycles. The maximum Gasteiger partial charge on any atom is 0.229 e. The van der Waals surface area contributed by atoms with Gasteiger partial charge >= 0.3 is 0 Å². The summed E-state index contributed by atoms with van der Waals surface area (Å²) < 4.78 is 13.3. The molecule has 1 fully saturated rings. The fourth-order valence-electron chi connectivity index (χ4n) is 2.70. The fourth-order valence-corrected chi connectivity index (χ4v) is 2.70. The van der Waals surface area contributed by atoms with E-state index in [4.69, 9.17) is 0 Å². The Morgan fingerprint density at radius 1 is 1.18 bits per heavy atom. The third-order valence-electron chi connectivity index (χ3n) is 4.03. The van der Waals surface area contributed by atoms with Crippen LogP contribution in [0.5, 0.6) is 0 Å². The average molecular weight is 300 g/mol. The van der Waals surface area contributed by atoms with Gasteiger partial charge in [0.15, 0.2) is 0 Å². The number of aryl methyl sites for hydroxylation is 1. The van der Waals surface area contributed by atoms with E-state index in [-0.39, 0.29) is 5.82 Å². The second kappa shape index (κ2) is 6.30. The molecule has 0 unspecified atom stereocenters. The van der Waals surface area contributed by atoms with Crippen molar-refractivity contribution in [1.82, 2.24) is 9.97 Å². The number of halogens is 1. The van der Waals surface area contributed by atoms with Crippen molar-refractivity contribution in [2.75, 3.05) is 23.3 Å². The third kappa shape index (κ3) is 3.53. The van der Waals surface area contributed by atoms with E-state index in [0.717, 1.165) is 30.5 Å². The Hall–Kier alpha value is -2.17. The summed E-state index contributed by atoms with van der Waals surface area (Å²) >= 11 is 0. The maximum absolute atomic E-state index is 13.3. The molecule has 1 N–H and O–H groups in total. The summed E-state index contributed by atoms with van der Waals surface area (Å²) in [5, 5.41) is 3.08. The fraction of sp³-hybridized carbons (Fsp3) is 0.412. The van der Waals surface area contributed by atoms with E-state index >= 15 is 0 Å². The van der Waals surface area contributed by atoms with Crippen LogP contribution in [0, 0.1) is 18.7 Å². The summed E-state index contributed by atoms with van der Waals surface area (Å²) in [4.78, 5) is 11.3. The molecule has 22 heavy (non-hydrogen) atoms. The van der Waals surface area contributed by atoms with Gasteiger partial charge in [0.2, 0.25) is 5.95 Å². The number of hydrogen-bond acceptors (Lipinski definition) is 4. The van der Waals surface area contributed by atoms with Crippen molar-refractivity contribution in [3.05, 3.63) is 41.8 Å². The number of aromatic nitrogens is 2. The molecular formula is C17H21FN4. The topological polar surface area (TPSA) is 41.1 Å². The Bertz CT molecular complexity index is 651. The van der Waals surface area contributed by atoms with Gasteiger partial charge in [-0.2, -0.15) is 4.98 Å². The molecular weight excluding hydrogens is 279 g/mol. The molecule has 1 aliphatic heterocycles. The van der Waals surface area contributed by atoms with Crippen LogP contribution in [0.1, 0.15) is 25.5 Å². The van der Waals surface area contributed by atoms with Crippen LogP contribution in [0.2, 0.25) is 0 Å². The lowest BCUT2D eigenvalue weighted by atomic mass is 9.99. The van der Waals surface area contributed by atoms with E-state index in [9.17, 15) is 4.39 Å². The highest BCUT2D eigenvalue weighted by Crippen LogP contribution is 2.23. The Morgan fingerprint density at radius 2 is 1.95 bits per heavy atom. The molecule has 0 atom stereocenters. The third-order valence-corrected chi connectivity index (χ3v) is 4.03. The first kappa shape index (κ1) is 14.8. The molecule has 1 aromatic carbocycles. The summed E-state index contributed by atoms with van der Waals surface area (Å²) in [5.41, 5.74) is 1.56. The number of benzene rings is 1. The Balaban J connectivity index is 1.80. The van der Waals surface area contributed by atoms with E-state index in [1.165, 1.54) is 25.0 Å². The van der Waals surface area contributed by atoms with Gasteiger partial charge in [0, 0.05) is 30.5 Å². The van der Waals surface area contributed by atoms with Gasteiger partial charge in [-0.1, -0.05) is 13.0 Å². The molecule has 4 nitrogen and oxygen atoms in total. The highest BCUT2D eigenvalue weighted by Gasteiger charge is 2.18. The van der Waals surface area contributed by atoms with Crippen molar-refractivity contribution in [3.8, 4) is 0 Å². The zero-order chi connectivity index (χ0) is 15.5. The van der Waals surface area contributed by atoms with Gasteiger partial charge in [0.25, 0.3) is 0 Å². The molecule has 5 heteroatoms. The van der Waals surface area contributed by atoms with Crippen LogP contribution in [-0.2, 0) is 0 Å². The van der Waals surface area contributed by atoms with Crippen molar-refractivity contribution in [2.45, 2.75) is 26.7 Å². The summed E-state index contributed by atoms with van der Waals surface area (Å²) in [7, 11) is 0. The molecule has 1 saturated heterocycles. The van der Waals surface area contributed by atoms with Gasteiger partial charge < -0.3 is 10.2 Å². The normalized spacial score (nSPS) is 15.9. The molecule has 3 rings (SSSR count). The summed E-state index contributed by atoms with van der Waals surface area (Å²) in [5.74, 6) is 1.96. The molecule has 1 aliphatic rings.